The molecule has 0 aliphatic heterocycles. The van der Waals surface area contributed by atoms with Crippen LogP contribution in [0.4, 0.5) is 0 Å². The number of phosphoric acid groups is 2. The summed E-state index contributed by atoms with van der Waals surface area (Å²) in [5.74, 6) is 0.845. The van der Waals surface area contributed by atoms with Gasteiger partial charge in [-0.15, -0.1) is 0 Å². The summed E-state index contributed by atoms with van der Waals surface area (Å²) in [5, 5.41) is 10.6. The predicted octanol–water partition coefficient (Wildman–Crippen LogP) is 20.5. The van der Waals surface area contributed by atoms with E-state index in [0.29, 0.717) is 31.6 Å². The van der Waals surface area contributed by atoms with Gasteiger partial charge in [0.2, 0.25) is 0 Å². The zero-order valence-corrected chi connectivity index (χ0v) is 61.3. The van der Waals surface area contributed by atoms with E-state index in [4.69, 9.17) is 37.0 Å². The Morgan fingerprint density at radius 2 is 0.462 bits per heavy atom. The molecule has 0 saturated heterocycles. The second-order valence-electron chi connectivity index (χ2n) is 27.9. The molecule has 0 aliphatic carbocycles. The number of phosphoric ester groups is 2. The molecule has 91 heavy (non-hydrogen) atoms. The quantitative estimate of drug-likeness (QED) is 0.0222. The van der Waals surface area contributed by atoms with Crippen LogP contribution in [-0.2, 0) is 65.4 Å². The number of esters is 4. The highest BCUT2D eigenvalue weighted by atomic mass is 31.2. The Hall–Kier alpha value is -1.94. The molecular weight excluding hydrogens is 1200 g/mol. The third-order valence-electron chi connectivity index (χ3n) is 16.6. The van der Waals surface area contributed by atoms with Gasteiger partial charge in [0.15, 0.2) is 12.2 Å². The van der Waals surface area contributed by atoms with Crippen molar-refractivity contribution in [3.8, 4) is 0 Å². The molecule has 17 nitrogen and oxygen atoms in total. The number of unbranched alkanes of at least 4 members (excludes halogenated alkanes) is 35. The van der Waals surface area contributed by atoms with E-state index in [-0.39, 0.29) is 25.7 Å². The van der Waals surface area contributed by atoms with E-state index in [9.17, 15) is 43.2 Å². The molecule has 0 aromatic carbocycles. The lowest BCUT2D eigenvalue weighted by atomic mass is 10.0. The molecule has 3 N–H and O–H groups in total. The van der Waals surface area contributed by atoms with Gasteiger partial charge in [-0.3, -0.25) is 37.3 Å². The monoisotopic (exact) mass is 1340 g/mol. The average Bonchev–Trinajstić information content (AvgIpc) is 3.41. The summed E-state index contributed by atoms with van der Waals surface area (Å²) < 4.78 is 68.3. The molecule has 0 amide bonds. The van der Waals surface area contributed by atoms with E-state index in [1.807, 2.05) is 0 Å². The van der Waals surface area contributed by atoms with Crippen molar-refractivity contribution in [1.82, 2.24) is 0 Å². The average molecular weight is 1340 g/mol. The number of hydrogen-bond acceptors (Lipinski definition) is 15. The fourth-order valence-electron chi connectivity index (χ4n) is 10.8. The fourth-order valence-corrected chi connectivity index (χ4v) is 12.4. The standard InChI is InChI=1S/C72H140O17P2/c1-62(2)48-40-32-24-18-13-10-9-11-15-22-28-38-46-54-71(76)88-67(58-82-69(74)52-44-36-27-21-16-12-14-19-25-33-41-49-63(3)4)60-86-90(78,79)84-56-66(73)57-85-91(80,81)87-61-68(59-83-70(75)53-45-37-31-30-35-43-51-65(7)8)89-72(77)55-47-39-29-23-17-20-26-34-42-50-64(5)6/h62-68,73H,9-61H2,1-8H3,(H,78,79)(H,80,81)/t66-,67-,68-/m1/s1. The Kier molecular flexibility index (Phi) is 60.3. The van der Waals surface area contributed by atoms with Crippen LogP contribution in [0.5, 0.6) is 0 Å². The number of carbonyl (C=O) groups is 4. The topological polar surface area (TPSA) is 237 Å². The number of aliphatic hydroxyl groups excluding tert-OH is 1. The minimum absolute atomic E-state index is 0.104. The first-order chi connectivity index (χ1) is 43.6. The summed E-state index contributed by atoms with van der Waals surface area (Å²) in [6.07, 6.45) is 44.6. The van der Waals surface area contributed by atoms with Crippen LogP contribution >= 0.6 is 15.6 Å². The van der Waals surface area contributed by atoms with Gasteiger partial charge in [-0.05, 0) is 49.4 Å². The highest BCUT2D eigenvalue weighted by Crippen LogP contribution is 2.45. The van der Waals surface area contributed by atoms with Gasteiger partial charge in [-0.25, -0.2) is 9.13 Å². The van der Waals surface area contributed by atoms with Gasteiger partial charge in [-0.1, -0.05) is 306 Å². The smallest absolute Gasteiger partial charge is 0.462 e. The first kappa shape index (κ1) is 89.1. The molecule has 5 atom stereocenters. The molecule has 0 aromatic heterocycles. The molecule has 0 bridgehead atoms. The minimum atomic E-state index is -4.95. The van der Waals surface area contributed by atoms with Gasteiger partial charge >= 0.3 is 39.5 Å². The molecule has 0 aromatic rings. The van der Waals surface area contributed by atoms with Crippen LogP contribution in [0.2, 0.25) is 0 Å². The van der Waals surface area contributed by atoms with E-state index in [2.05, 4.69) is 55.4 Å². The van der Waals surface area contributed by atoms with Crippen molar-refractivity contribution in [2.24, 2.45) is 23.7 Å². The number of aliphatic hydroxyl groups is 1. The second kappa shape index (κ2) is 61.6. The zero-order chi connectivity index (χ0) is 67.5. The highest BCUT2D eigenvalue weighted by molar-refractivity contribution is 7.47. The molecule has 0 heterocycles. The highest BCUT2D eigenvalue weighted by Gasteiger charge is 2.30. The van der Waals surface area contributed by atoms with E-state index in [0.717, 1.165) is 114 Å². The van der Waals surface area contributed by atoms with Crippen molar-refractivity contribution in [2.75, 3.05) is 39.6 Å². The predicted molar refractivity (Wildman–Crippen MR) is 367 cm³/mol. The zero-order valence-electron chi connectivity index (χ0n) is 59.5. The number of carbonyl (C=O) groups excluding carboxylic acids is 4. The molecule has 0 rings (SSSR count). The molecule has 19 heteroatoms. The summed E-state index contributed by atoms with van der Waals surface area (Å²) >= 11 is 0. The van der Waals surface area contributed by atoms with Crippen LogP contribution in [0.3, 0.4) is 0 Å². The van der Waals surface area contributed by atoms with Gasteiger partial charge in [0, 0.05) is 25.7 Å². The molecule has 2 unspecified atom stereocenters. The maximum atomic E-state index is 13.0. The van der Waals surface area contributed by atoms with Crippen molar-refractivity contribution < 1.29 is 80.2 Å². The van der Waals surface area contributed by atoms with Gasteiger partial charge in [0.25, 0.3) is 0 Å². The first-order valence-electron chi connectivity index (χ1n) is 37.2. The van der Waals surface area contributed by atoms with E-state index in [1.54, 1.807) is 0 Å². The van der Waals surface area contributed by atoms with Crippen LogP contribution in [0.15, 0.2) is 0 Å². The molecule has 0 saturated carbocycles. The Labute approximate surface area is 556 Å². The SMILES string of the molecule is CC(C)CCCCCCCCCCCCCCCC(=O)O[C@H](COC(=O)CCCCCCCCCCCCCC(C)C)COP(=O)(O)OC[C@@H](O)COP(=O)(O)OC[C@@H](COC(=O)CCCCCCCCC(C)C)OC(=O)CCCCCCCCCCCC(C)C. The Balaban J connectivity index is 5.25. The third kappa shape index (κ3) is 66.5. The lowest BCUT2D eigenvalue weighted by Gasteiger charge is -2.21. The summed E-state index contributed by atoms with van der Waals surface area (Å²) in [5.41, 5.74) is 0. The van der Waals surface area contributed by atoms with Crippen molar-refractivity contribution >= 4 is 39.5 Å². The number of ether oxygens (including phenoxy) is 4. The van der Waals surface area contributed by atoms with Crippen molar-refractivity contribution in [3.63, 3.8) is 0 Å². The minimum Gasteiger partial charge on any atom is -0.462 e. The lowest BCUT2D eigenvalue weighted by molar-refractivity contribution is -0.161. The normalized spacial score (nSPS) is 14.2. The van der Waals surface area contributed by atoms with Crippen LogP contribution in [0.25, 0.3) is 0 Å². The van der Waals surface area contributed by atoms with E-state index >= 15 is 0 Å². The van der Waals surface area contributed by atoms with Crippen LogP contribution < -0.4 is 0 Å². The maximum absolute atomic E-state index is 13.0. The van der Waals surface area contributed by atoms with Gasteiger partial charge < -0.3 is 33.8 Å². The first-order valence-corrected chi connectivity index (χ1v) is 40.2. The van der Waals surface area contributed by atoms with Crippen LogP contribution in [0, 0.1) is 23.7 Å². The summed E-state index contributed by atoms with van der Waals surface area (Å²) in [6.45, 7) is 14.1. The van der Waals surface area contributed by atoms with Gasteiger partial charge in [-0.2, -0.15) is 0 Å². The third-order valence-corrected chi connectivity index (χ3v) is 18.5. The Bertz CT molecular complexity index is 1800. The fraction of sp³-hybridized carbons (Fsp3) is 0.944. The van der Waals surface area contributed by atoms with Crippen molar-refractivity contribution in [2.45, 2.75) is 375 Å². The second-order valence-corrected chi connectivity index (χ2v) is 30.8. The van der Waals surface area contributed by atoms with Gasteiger partial charge in [0.1, 0.15) is 19.3 Å². The molecule has 540 valence electrons. The van der Waals surface area contributed by atoms with Crippen LogP contribution in [-0.4, -0.2) is 96.7 Å². The summed E-state index contributed by atoms with van der Waals surface area (Å²) in [7, 11) is -9.91. The Morgan fingerprint density at radius 3 is 0.681 bits per heavy atom. The number of hydrogen-bond donors (Lipinski definition) is 3. The van der Waals surface area contributed by atoms with E-state index < -0.39 is 97.5 Å². The largest absolute Gasteiger partial charge is 0.472 e. The summed E-state index contributed by atoms with van der Waals surface area (Å²) in [6, 6.07) is 0. The summed E-state index contributed by atoms with van der Waals surface area (Å²) in [4.78, 5) is 72.6. The lowest BCUT2D eigenvalue weighted by Crippen LogP contribution is -2.30. The number of rotatable bonds is 69. The molecule has 0 fully saturated rings. The molecular formula is C72H140O17P2. The van der Waals surface area contributed by atoms with Gasteiger partial charge in [0.05, 0.1) is 26.4 Å². The van der Waals surface area contributed by atoms with Crippen molar-refractivity contribution in [3.05, 3.63) is 0 Å². The molecule has 0 radical (unpaired) electrons. The van der Waals surface area contributed by atoms with Crippen molar-refractivity contribution in [1.29, 1.82) is 0 Å². The van der Waals surface area contributed by atoms with Crippen LogP contribution in [0.1, 0.15) is 357 Å². The Morgan fingerprint density at radius 1 is 0.275 bits per heavy atom. The molecule has 0 spiro atoms. The van der Waals surface area contributed by atoms with E-state index in [1.165, 1.54) is 154 Å². The molecule has 0 aliphatic rings. The maximum Gasteiger partial charge on any atom is 0.472 e.